The quantitative estimate of drug-likeness (QED) is 0.530. The van der Waals surface area contributed by atoms with E-state index < -0.39 is 0 Å². The van der Waals surface area contributed by atoms with Crippen LogP contribution in [0, 0.1) is 5.92 Å². The molecule has 0 heterocycles. The summed E-state index contributed by atoms with van der Waals surface area (Å²) in [4.78, 5) is 24.2. The highest BCUT2D eigenvalue weighted by atomic mass is 16.5. The molecule has 0 saturated heterocycles. The molecule has 0 spiro atoms. The molecule has 1 rings (SSSR count). The topological polar surface area (TPSA) is 52.6 Å². The van der Waals surface area contributed by atoms with E-state index in [0.717, 1.165) is 38.5 Å². The van der Waals surface area contributed by atoms with Crippen molar-refractivity contribution in [2.75, 3.05) is 13.2 Å². The molecular formula is C16H26O4. The van der Waals surface area contributed by atoms with Gasteiger partial charge in [0, 0.05) is 5.57 Å². The molecule has 0 unspecified atom stereocenters. The van der Waals surface area contributed by atoms with Crippen molar-refractivity contribution in [1.82, 2.24) is 0 Å². The number of carbonyl (C=O) groups excluding carboxylic acids is 2. The van der Waals surface area contributed by atoms with E-state index in [1.165, 1.54) is 0 Å². The van der Waals surface area contributed by atoms with E-state index in [4.69, 9.17) is 9.47 Å². The van der Waals surface area contributed by atoms with Crippen LogP contribution in [0.3, 0.4) is 0 Å². The minimum Gasteiger partial charge on any atom is -0.462 e. The minimum absolute atomic E-state index is 0.147. The average Bonchev–Trinajstić information content (AvgIpc) is 2.96. The van der Waals surface area contributed by atoms with Crippen molar-refractivity contribution in [3.8, 4) is 0 Å². The largest absolute Gasteiger partial charge is 0.462 e. The molecule has 1 aliphatic rings. The van der Waals surface area contributed by atoms with E-state index in [0.29, 0.717) is 24.4 Å². The van der Waals surface area contributed by atoms with Crippen LogP contribution in [-0.2, 0) is 19.1 Å². The predicted octanol–water partition coefficient (Wildman–Crippen LogP) is 3.40. The SMILES string of the molecule is CCCOC(=O)/C(C)=C(\C(=O)OCCC)C1CCCC1. The number of hydrogen-bond donors (Lipinski definition) is 0. The molecule has 1 saturated carbocycles. The summed E-state index contributed by atoms with van der Waals surface area (Å²) in [6.07, 6.45) is 5.67. The van der Waals surface area contributed by atoms with Crippen molar-refractivity contribution in [3.05, 3.63) is 11.1 Å². The second-order valence-electron chi connectivity index (χ2n) is 5.29. The second kappa shape index (κ2) is 8.77. The van der Waals surface area contributed by atoms with E-state index >= 15 is 0 Å². The van der Waals surface area contributed by atoms with Crippen LogP contribution in [0.2, 0.25) is 0 Å². The first-order valence-electron chi connectivity index (χ1n) is 7.66. The van der Waals surface area contributed by atoms with Gasteiger partial charge in [-0.25, -0.2) is 9.59 Å². The van der Waals surface area contributed by atoms with Crippen LogP contribution in [-0.4, -0.2) is 25.2 Å². The molecule has 4 nitrogen and oxygen atoms in total. The first kappa shape index (κ1) is 16.7. The van der Waals surface area contributed by atoms with Crippen molar-refractivity contribution < 1.29 is 19.1 Å². The van der Waals surface area contributed by atoms with Crippen molar-refractivity contribution in [3.63, 3.8) is 0 Å². The Balaban J connectivity index is 2.89. The smallest absolute Gasteiger partial charge is 0.334 e. The van der Waals surface area contributed by atoms with Crippen LogP contribution < -0.4 is 0 Å². The highest BCUT2D eigenvalue weighted by molar-refractivity contribution is 6.00. The lowest BCUT2D eigenvalue weighted by Gasteiger charge is -2.16. The Morgan fingerprint density at radius 1 is 0.950 bits per heavy atom. The zero-order valence-electron chi connectivity index (χ0n) is 12.9. The maximum atomic E-state index is 12.2. The zero-order chi connectivity index (χ0) is 15.0. The van der Waals surface area contributed by atoms with Gasteiger partial charge in [-0.05, 0) is 38.5 Å². The molecule has 1 aliphatic carbocycles. The number of ether oxygens (including phenoxy) is 2. The van der Waals surface area contributed by atoms with E-state index in [-0.39, 0.29) is 17.9 Å². The third-order valence-electron chi connectivity index (χ3n) is 3.57. The normalized spacial score (nSPS) is 16.8. The highest BCUT2D eigenvalue weighted by Gasteiger charge is 2.29. The average molecular weight is 282 g/mol. The molecule has 0 amide bonds. The van der Waals surface area contributed by atoms with Crippen LogP contribution in [0.1, 0.15) is 59.3 Å². The van der Waals surface area contributed by atoms with E-state index in [1.54, 1.807) is 6.92 Å². The van der Waals surface area contributed by atoms with Gasteiger partial charge in [-0.2, -0.15) is 0 Å². The summed E-state index contributed by atoms with van der Waals surface area (Å²) < 4.78 is 10.4. The van der Waals surface area contributed by atoms with Gasteiger partial charge in [0.1, 0.15) is 0 Å². The molecule has 4 heteroatoms. The summed E-state index contributed by atoms with van der Waals surface area (Å²) in [6.45, 7) is 6.36. The molecule has 0 aromatic rings. The second-order valence-corrected chi connectivity index (χ2v) is 5.29. The van der Waals surface area contributed by atoms with Crippen LogP contribution in [0.15, 0.2) is 11.1 Å². The number of hydrogen-bond acceptors (Lipinski definition) is 4. The summed E-state index contributed by atoms with van der Waals surface area (Å²) in [7, 11) is 0. The summed E-state index contributed by atoms with van der Waals surface area (Å²) in [5, 5.41) is 0. The van der Waals surface area contributed by atoms with Crippen LogP contribution in [0.25, 0.3) is 0 Å². The zero-order valence-corrected chi connectivity index (χ0v) is 12.9. The third kappa shape index (κ3) is 4.66. The van der Waals surface area contributed by atoms with E-state index in [9.17, 15) is 9.59 Å². The maximum Gasteiger partial charge on any atom is 0.334 e. The van der Waals surface area contributed by atoms with Crippen LogP contribution >= 0.6 is 0 Å². The molecule has 114 valence electrons. The standard InChI is InChI=1S/C16H26O4/c1-4-10-19-15(17)12(3)14(13-8-6-7-9-13)16(18)20-11-5-2/h13H,4-11H2,1-3H3/b14-12-. The molecular weight excluding hydrogens is 256 g/mol. The van der Waals surface area contributed by atoms with Crippen molar-refractivity contribution in [2.45, 2.75) is 59.3 Å². The van der Waals surface area contributed by atoms with E-state index in [1.807, 2.05) is 13.8 Å². The van der Waals surface area contributed by atoms with Gasteiger partial charge in [-0.3, -0.25) is 0 Å². The van der Waals surface area contributed by atoms with Gasteiger partial charge in [-0.1, -0.05) is 26.7 Å². The number of carbonyl (C=O) groups is 2. The Kier molecular flexibility index (Phi) is 7.34. The van der Waals surface area contributed by atoms with Crippen molar-refractivity contribution in [1.29, 1.82) is 0 Å². The Bertz CT molecular complexity index is 365. The molecule has 1 fully saturated rings. The summed E-state index contributed by atoms with van der Waals surface area (Å²) >= 11 is 0. The van der Waals surface area contributed by atoms with E-state index in [2.05, 4.69) is 0 Å². The molecule has 0 aromatic heterocycles. The third-order valence-corrected chi connectivity index (χ3v) is 3.57. The summed E-state index contributed by atoms with van der Waals surface area (Å²) in [6, 6.07) is 0. The molecule has 20 heavy (non-hydrogen) atoms. The lowest BCUT2D eigenvalue weighted by atomic mass is 9.93. The first-order chi connectivity index (χ1) is 9.61. The molecule has 0 aliphatic heterocycles. The fourth-order valence-electron chi connectivity index (χ4n) is 2.53. The fraction of sp³-hybridized carbons (Fsp3) is 0.750. The molecule has 0 radical (unpaired) electrons. The summed E-state index contributed by atoms with van der Waals surface area (Å²) in [5.74, 6) is -0.583. The molecule has 0 atom stereocenters. The number of esters is 2. The lowest BCUT2D eigenvalue weighted by molar-refractivity contribution is -0.142. The summed E-state index contributed by atoms with van der Waals surface area (Å²) in [5.41, 5.74) is 0.962. The highest BCUT2D eigenvalue weighted by Crippen LogP contribution is 2.33. The Morgan fingerprint density at radius 3 is 1.95 bits per heavy atom. The molecule has 0 N–H and O–H groups in total. The predicted molar refractivity (Wildman–Crippen MR) is 77.2 cm³/mol. The maximum absolute atomic E-state index is 12.2. The monoisotopic (exact) mass is 282 g/mol. The fourth-order valence-corrected chi connectivity index (χ4v) is 2.53. The van der Waals surface area contributed by atoms with Gasteiger partial charge in [0.05, 0.1) is 18.8 Å². The first-order valence-corrected chi connectivity index (χ1v) is 7.66. The van der Waals surface area contributed by atoms with Gasteiger partial charge in [0.25, 0.3) is 0 Å². The number of rotatable bonds is 7. The minimum atomic E-state index is -0.387. The Hall–Kier alpha value is -1.32. The Labute approximate surface area is 121 Å². The van der Waals surface area contributed by atoms with Crippen molar-refractivity contribution in [2.24, 2.45) is 5.92 Å². The lowest BCUT2D eigenvalue weighted by Crippen LogP contribution is -2.20. The molecule has 0 aromatic carbocycles. The van der Waals surface area contributed by atoms with Gasteiger partial charge in [0.2, 0.25) is 0 Å². The molecule has 0 bridgehead atoms. The van der Waals surface area contributed by atoms with Gasteiger partial charge < -0.3 is 9.47 Å². The Morgan fingerprint density at radius 2 is 1.45 bits per heavy atom. The van der Waals surface area contributed by atoms with Gasteiger partial charge in [-0.15, -0.1) is 0 Å². The van der Waals surface area contributed by atoms with Gasteiger partial charge in [0.15, 0.2) is 0 Å². The van der Waals surface area contributed by atoms with Crippen LogP contribution in [0.4, 0.5) is 0 Å². The van der Waals surface area contributed by atoms with Gasteiger partial charge >= 0.3 is 11.9 Å². The van der Waals surface area contributed by atoms with Crippen LogP contribution in [0.5, 0.6) is 0 Å². The van der Waals surface area contributed by atoms with Crippen molar-refractivity contribution >= 4 is 11.9 Å².